The van der Waals surface area contributed by atoms with Crippen molar-refractivity contribution < 1.29 is 14.6 Å². The summed E-state index contributed by atoms with van der Waals surface area (Å²) in [5.41, 5.74) is 3.64. The van der Waals surface area contributed by atoms with Crippen LogP contribution in [0, 0.1) is 6.92 Å². The van der Waals surface area contributed by atoms with Crippen molar-refractivity contribution in [2.75, 3.05) is 33.4 Å². The van der Waals surface area contributed by atoms with E-state index in [4.69, 9.17) is 9.47 Å². The van der Waals surface area contributed by atoms with Crippen LogP contribution in [0.5, 0.6) is 0 Å². The first-order valence-corrected chi connectivity index (χ1v) is 9.24. The Hall–Kier alpha value is -1.72. The molecule has 142 valence electrons. The van der Waals surface area contributed by atoms with E-state index in [9.17, 15) is 5.11 Å². The SMILES string of the molecule is COCCCN(Cc1cccc(C)c1)CC(O)COCc1ccccc1. The predicted octanol–water partition coefficient (Wildman–Crippen LogP) is 3.41. The van der Waals surface area contributed by atoms with Gasteiger partial charge < -0.3 is 14.6 Å². The Morgan fingerprint density at radius 3 is 2.54 bits per heavy atom. The minimum absolute atomic E-state index is 0.337. The highest BCUT2D eigenvalue weighted by Crippen LogP contribution is 2.09. The summed E-state index contributed by atoms with van der Waals surface area (Å²) in [6.07, 6.45) is 0.436. The molecule has 0 saturated heterocycles. The van der Waals surface area contributed by atoms with Gasteiger partial charge in [-0.05, 0) is 24.5 Å². The van der Waals surface area contributed by atoms with Crippen LogP contribution in [-0.4, -0.2) is 49.5 Å². The van der Waals surface area contributed by atoms with Gasteiger partial charge in [0.1, 0.15) is 0 Å². The van der Waals surface area contributed by atoms with E-state index in [1.54, 1.807) is 7.11 Å². The summed E-state index contributed by atoms with van der Waals surface area (Å²) in [6.45, 7) is 5.99. The molecule has 4 heteroatoms. The molecule has 0 aromatic heterocycles. The maximum absolute atomic E-state index is 10.4. The predicted molar refractivity (Wildman–Crippen MR) is 105 cm³/mol. The Balaban J connectivity index is 1.81. The second kappa shape index (κ2) is 11.8. The van der Waals surface area contributed by atoms with E-state index in [0.29, 0.717) is 19.8 Å². The average molecular weight is 357 g/mol. The monoisotopic (exact) mass is 357 g/mol. The fourth-order valence-electron chi connectivity index (χ4n) is 2.97. The molecule has 0 saturated carbocycles. The lowest BCUT2D eigenvalue weighted by molar-refractivity contribution is 0.00738. The summed E-state index contributed by atoms with van der Waals surface area (Å²) in [4.78, 5) is 2.27. The molecule has 1 N–H and O–H groups in total. The molecular formula is C22H31NO3. The van der Waals surface area contributed by atoms with E-state index >= 15 is 0 Å². The third-order valence-corrected chi connectivity index (χ3v) is 4.20. The zero-order valence-electron chi connectivity index (χ0n) is 15.9. The number of methoxy groups -OCH3 is 1. The van der Waals surface area contributed by atoms with Crippen LogP contribution >= 0.6 is 0 Å². The minimum Gasteiger partial charge on any atom is -0.389 e. The van der Waals surface area contributed by atoms with Crippen molar-refractivity contribution in [2.45, 2.75) is 32.6 Å². The third kappa shape index (κ3) is 8.11. The number of ether oxygens (including phenoxy) is 2. The largest absolute Gasteiger partial charge is 0.389 e. The normalized spacial score (nSPS) is 12.5. The van der Waals surface area contributed by atoms with Gasteiger partial charge in [0.2, 0.25) is 0 Å². The molecule has 1 unspecified atom stereocenters. The van der Waals surface area contributed by atoms with E-state index in [1.807, 2.05) is 30.3 Å². The fourth-order valence-corrected chi connectivity index (χ4v) is 2.97. The van der Waals surface area contributed by atoms with Gasteiger partial charge in [-0.1, -0.05) is 60.2 Å². The summed E-state index contributed by atoms with van der Waals surface area (Å²) in [5, 5.41) is 10.4. The molecule has 0 aliphatic carbocycles. The van der Waals surface area contributed by atoms with Gasteiger partial charge >= 0.3 is 0 Å². The van der Waals surface area contributed by atoms with Crippen molar-refractivity contribution in [3.63, 3.8) is 0 Å². The molecule has 4 nitrogen and oxygen atoms in total. The molecule has 0 radical (unpaired) electrons. The lowest BCUT2D eigenvalue weighted by atomic mass is 10.1. The fraction of sp³-hybridized carbons (Fsp3) is 0.455. The number of aryl methyl sites for hydroxylation is 1. The molecule has 1 atom stereocenters. The maximum Gasteiger partial charge on any atom is 0.0900 e. The molecule has 0 amide bonds. The zero-order chi connectivity index (χ0) is 18.6. The van der Waals surface area contributed by atoms with Gasteiger partial charge in [-0.25, -0.2) is 0 Å². The Bertz CT molecular complexity index is 618. The second-order valence-corrected chi connectivity index (χ2v) is 6.73. The van der Waals surface area contributed by atoms with Crippen LogP contribution in [0.15, 0.2) is 54.6 Å². The highest BCUT2D eigenvalue weighted by atomic mass is 16.5. The van der Waals surface area contributed by atoms with Crippen LogP contribution in [0.1, 0.15) is 23.1 Å². The second-order valence-electron chi connectivity index (χ2n) is 6.73. The van der Waals surface area contributed by atoms with Gasteiger partial charge in [0.05, 0.1) is 19.3 Å². The van der Waals surface area contributed by atoms with Crippen molar-refractivity contribution >= 4 is 0 Å². The molecule has 0 fully saturated rings. The molecule has 0 aliphatic rings. The summed E-state index contributed by atoms with van der Waals surface area (Å²) in [7, 11) is 1.72. The Kier molecular flexibility index (Phi) is 9.35. The molecule has 0 spiro atoms. The molecule has 0 bridgehead atoms. The first-order chi connectivity index (χ1) is 12.7. The standard InChI is InChI=1S/C22H31NO3/c1-19-8-6-11-21(14-19)15-23(12-7-13-25-2)16-22(24)18-26-17-20-9-4-3-5-10-20/h3-6,8-11,14,22,24H,7,12-13,15-18H2,1-2H3. The van der Waals surface area contributed by atoms with Gasteiger partial charge in [-0.2, -0.15) is 0 Å². The van der Waals surface area contributed by atoms with Gasteiger partial charge in [0, 0.05) is 33.4 Å². The molecule has 2 aromatic rings. The van der Waals surface area contributed by atoms with Gasteiger partial charge in [0.25, 0.3) is 0 Å². The molecular weight excluding hydrogens is 326 g/mol. The lowest BCUT2D eigenvalue weighted by Crippen LogP contribution is -2.35. The summed E-state index contributed by atoms with van der Waals surface area (Å²) in [5.74, 6) is 0. The van der Waals surface area contributed by atoms with E-state index in [1.165, 1.54) is 11.1 Å². The number of hydrogen-bond acceptors (Lipinski definition) is 4. The molecule has 26 heavy (non-hydrogen) atoms. The Morgan fingerprint density at radius 2 is 1.81 bits per heavy atom. The molecule has 0 aliphatic heterocycles. The van der Waals surface area contributed by atoms with Gasteiger partial charge in [-0.15, -0.1) is 0 Å². The summed E-state index contributed by atoms with van der Waals surface area (Å²) >= 11 is 0. The topological polar surface area (TPSA) is 41.9 Å². The first kappa shape index (κ1) is 20.6. The highest BCUT2D eigenvalue weighted by Gasteiger charge is 2.13. The Labute approximate surface area is 157 Å². The lowest BCUT2D eigenvalue weighted by Gasteiger charge is -2.25. The van der Waals surface area contributed by atoms with Crippen LogP contribution in [0.3, 0.4) is 0 Å². The number of benzene rings is 2. The third-order valence-electron chi connectivity index (χ3n) is 4.20. The van der Waals surface area contributed by atoms with Gasteiger partial charge in [0.15, 0.2) is 0 Å². The number of hydrogen-bond donors (Lipinski definition) is 1. The van der Waals surface area contributed by atoms with E-state index in [-0.39, 0.29) is 0 Å². The number of aliphatic hydroxyl groups excluding tert-OH is 1. The van der Waals surface area contributed by atoms with Crippen LogP contribution in [0.2, 0.25) is 0 Å². The molecule has 2 aromatic carbocycles. The maximum atomic E-state index is 10.4. The van der Waals surface area contributed by atoms with Crippen LogP contribution in [0.4, 0.5) is 0 Å². The van der Waals surface area contributed by atoms with Crippen molar-refractivity contribution in [3.05, 3.63) is 71.3 Å². The zero-order valence-corrected chi connectivity index (χ0v) is 15.9. The summed E-state index contributed by atoms with van der Waals surface area (Å²) in [6, 6.07) is 18.5. The average Bonchev–Trinajstić information content (AvgIpc) is 2.63. The molecule has 2 rings (SSSR count). The molecule has 0 heterocycles. The van der Waals surface area contributed by atoms with Crippen molar-refractivity contribution in [3.8, 4) is 0 Å². The first-order valence-electron chi connectivity index (χ1n) is 9.24. The van der Waals surface area contributed by atoms with Crippen molar-refractivity contribution in [1.82, 2.24) is 4.90 Å². The van der Waals surface area contributed by atoms with Crippen LogP contribution in [0.25, 0.3) is 0 Å². The quantitative estimate of drug-likeness (QED) is 0.591. The smallest absolute Gasteiger partial charge is 0.0900 e. The number of aliphatic hydroxyl groups is 1. The summed E-state index contributed by atoms with van der Waals surface area (Å²) < 4.78 is 10.8. The van der Waals surface area contributed by atoms with E-state index < -0.39 is 6.10 Å². The minimum atomic E-state index is -0.508. The van der Waals surface area contributed by atoms with Crippen LogP contribution in [-0.2, 0) is 22.6 Å². The van der Waals surface area contributed by atoms with Crippen LogP contribution < -0.4 is 0 Å². The number of rotatable bonds is 12. The Morgan fingerprint density at radius 1 is 1.04 bits per heavy atom. The van der Waals surface area contributed by atoms with Gasteiger partial charge in [-0.3, -0.25) is 4.90 Å². The van der Waals surface area contributed by atoms with Crippen molar-refractivity contribution in [2.24, 2.45) is 0 Å². The van der Waals surface area contributed by atoms with E-state index in [2.05, 4.69) is 36.1 Å². The number of nitrogens with zero attached hydrogens (tertiary/aromatic N) is 1. The highest BCUT2D eigenvalue weighted by molar-refractivity contribution is 5.22. The van der Waals surface area contributed by atoms with E-state index in [0.717, 1.165) is 31.7 Å². The van der Waals surface area contributed by atoms with Crippen molar-refractivity contribution in [1.29, 1.82) is 0 Å².